The molecular formula is C21H34O2Si2. The van der Waals surface area contributed by atoms with Gasteiger partial charge in [0.25, 0.3) is 0 Å². The maximum Gasteiger partial charge on any atom is 0.352 e. The second-order valence-electron chi connectivity index (χ2n) is 8.84. The van der Waals surface area contributed by atoms with Crippen LogP contribution in [0.3, 0.4) is 0 Å². The van der Waals surface area contributed by atoms with Gasteiger partial charge in [0.15, 0.2) is 0 Å². The van der Waals surface area contributed by atoms with Crippen LogP contribution in [0.25, 0.3) is 6.08 Å². The molecule has 1 unspecified atom stereocenters. The predicted octanol–water partition coefficient (Wildman–Crippen LogP) is 5.34. The van der Waals surface area contributed by atoms with Crippen LogP contribution in [0.2, 0.25) is 25.2 Å². The first-order valence-electron chi connectivity index (χ1n) is 9.77. The van der Waals surface area contributed by atoms with Gasteiger partial charge in [0, 0.05) is 25.3 Å². The third-order valence-corrected chi connectivity index (χ3v) is 12.9. The lowest BCUT2D eigenvalue weighted by Crippen LogP contribution is -2.52. The number of hydrogen-bond acceptors (Lipinski definition) is 2. The zero-order valence-corrected chi connectivity index (χ0v) is 18.8. The first-order valence-corrected chi connectivity index (χ1v) is 15.2. The van der Waals surface area contributed by atoms with Gasteiger partial charge in [-0.25, -0.2) is 0 Å². The van der Waals surface area contributed by atoms with Crippen LogP contribution >= 0.6 is 0 Å². The van der Waals surface area contributed by atoms with E-state index in [1.54, 1.807) is 5.19 Å². The average Bonchev–Trinajstić information content (AvgIpc) is 2.93. The molecule has 1 fully saturated rings. The highest BCUT2D eigenvalue weighted by atomic mass is 28.4. The zero-order chi connectivity index (χ0) is 18.2. The van der Waals surface area contributed by atoms with E-state index in [-0.39, 0.29) is 0 Å². The van der Waals surface area contributed by atoms with E-state index >= 15 is 0 Å². The standard InChI is InChI=1S/C21H34O2Si2/c1-16-15-19-18(13-10-14-20(19)24(4,5)6)21(16)25(22-2,23-3)17-11-8-7-9-12-17/h10,13-15,17,21H,7-9,11-12H2,1-6H3. The SMILES string of the molecule is CO[Si](OC)(C1CCCCC1)C1C(C)=Cc2c1cccc2[Si](C)(C)C. The second kappa shape index (κ2) is 7.14. The summed E-state index contributed by atoms with van der Waals surface area (Å²) in [6, 6.07) is 6.94. The van der Waals surface area contributed by atoms with Crippen LogP contribution in [0.4, 0.5) is 0 Å². The number of benzene rings is 1. The molecule has 2 nitrogen and oxygen atoms in total. The van der Waals surface area contributed by atoms with Crippen molar-refractivity contribution in [1.82, 2.24) is 0 Å². The molecule has 0 spiro atoms. The minimum atomic E-state index is -2.36. The molecule has 0 N–H and O–H groups in total. The van der Waals surface area contributed by atoms with E-state index in [1.807, 2.05) is 14.2 Å². The normalized spacial score (nSPS) is 22.0. The van der Waals surface area contributed by atoms with Gasteiger partial charge in [-0.1, -0.05) is 73.9 Å². The molecule has 0 radical (unpaired) electrons. The fraction of sp³-hybridized carbons (Fsp3) is 0.619. The predicted molar refractivity (Wildman–Crippen MR) is 112 cm³/mol. The van der Waals surface area contributed by atoms with E-state index in [1.165, 1.54) is 48.8 Å². The molecule has 4 heteroatoms. The van der Waals surface area contributed by atoms with Gasteiger partial charge in [-0.3, -0.25) is 0 Å². The Labute approximate surface area is 155 Å². The zero-order valence-electron chi connectivity index (χ0n) is 16.8. The monoisotopic (exact) mass is 374 g/mol. The van der Waals surface area contributed by atoms with Crippen molar-refractivity contribution in [3.05, 3.63) is 34.9 Å². The molecule has 1 atom stereocenters. The van der Waals surface area contributed by atoms with Crippen molar-refractivity contribution in [1.29, 1.82) is 0 Å². The number of fused-ring (bicyclic) bond motifs is 1. The molecule has 25 heavy (non-hydrogen) atoms. The first-order chi connectivity index (χ1) is 11.8. The molecule has 1 aromatic carbocycles. The third kappa shape index (κ3) is 3.22. The van der Waals surface area contributed by atoms with Crippen molar-refractivity contribution < 1.29 is 8.85 Å². The van der Waals surface area contributed by atoms with Crippen LogP contribution in [0, 0.1) is 0 Å². The van der Waals surface area contributed by atoms with Crippen LogP contribution in [0.5, 0.6) is 0 Å². The van der Waals surface area contributed by atoms with E-state index < -0.39 is 16.6 Å². The minimum absolute atomic E-state index is 0.344. The Morgan fingerprint density at radius 3 is 2.16 bits per heavy atom. The van der Waals surface area contributed by atoms with Crippen molar-refractivity contribution >= 4 is 27.9 Å². The van der Waals surface area contributed by atoms with E-state index in [4.69, 9.17) is 8.85 Å². The molecule has 0 aliphatic heterocycles. The highest BCUT2D eigenvalue weighted by molar-refractivity contribution is 6.89. The second-order valence-corrected chi connectivity index (χ2v) is 17.5. The van der Waals surface area contributed by atoms with E-state index in [2.05, 4.69) is 50.8 Å². The average molecular weight is 375 g/mol. The molecule has 1 saturated carbocycles. The van der Waals surface area contributed by atoms with Crippen molar-refractivity contribution in [3.63, 3.8) is 0 Å². The van der Waals surface area contributed by atoms with Gasteiger partial charge in [0.1, 0.15) is 0 Å². The van der Waals surface area contributed by atoms with Crippen LogP contribution in [0.1, 0.15) is 55.7 Å². The largest absolute Gasteiger partial charge is 0.397 e. The van der Waals surface area contributed by atoms with Crippen molar-refractivity contribution in [2.24, 2.45) is 0 Å². The summed E-state index contributed by atoms with van der Waals surface area (Å²) in [5, 5.41) is 1.57. The summed E-state index contributed by atoms with van der Waals surface area (Å²) in [6.45, 7) is 9.62. The number of allylic oxidation sites excluding steroid dienone is 1. The van der Waals surface area contributed by atoms with Gasteiger partial charge in [0.2, 0.25) is 0 Å². The molecule has 138 valence electrons. The van der Waals surface area contributed by atoms with Gasteiger partial charge < -0.3 is 8.85 Å². The summed E-state index contributed by atoms with van der Waals surface area (Å²) in [4.78, 5) is 0. The maximum atomic E-state index is 6.35. The fourth-order valence-corrected chi connectivity index (χ4v) is 11.1. The third-order valence-electron chi connectivity index (χ3n) is 6.30. The molecule has 3 rings (SSSR count). The fourth-order valence-electron chi connectivity index (χ4n) is 5.13. The van der Waals surface area contributed by atoms with Crippen molar-refractivity contribution in [2.75, 3.05) is 14.2 Å². The molecule has 0 amide bonds. The van der Waals surface area contributed by atoms with Crippen molar-refractivity contribution in [2.45, 2.75) is 69.8 Å². The highest BCUT2D eigenvalue weighted by Gasteiger charge is 2.54. The van der Waals surface area contributed by atoms with Gasteiger partial charge in [-0.2, -0.15) is 0 Å². The lowest BCUT2D eigenvalue weighted by atomic mass is 10.0. The molecule has 2 aliphatic rings. The Morgan fingerprint density at radius 1 is 0.960 bits per heavy atom. The van der Waals surface area contributed by atoms with Gasteiger partial charge in [0.05, 0.1) is 8.07 Å². The van der Waals surface area contributed by atoms with Crippen molar-refractivity contribution in [3.8, 4) is 0 Å². The van der Waals surface area contributed by atoms with E-state index in [0.29, 0.717) is 11.1 Å². The summed E-state index contributed by atoms with van der Waals surface area (Å²) in [5.74, 6) is 0. The van der Waals surface area contributed by atoms with Crippen LogP contribution in [-0.2, 0) is 8.85 Å². The summed E-state index contributed by atoms with van der Waals surface area (Å²) < 4.78 is 12.7. The van der Waals surface area contributed by atoms with E-state index in [0.717, 1.165) is 0 Å². The summed E-state index contributed by atoms with van der Waals surface area (Å²) >= 11 is 0. The molecular weight excluding hydrogens is 340 g/mol. The Morgan fingerprint density at radius 2 is 1.60 bits per heavy atom. The topological polar surface area (TPSA) is 18.5 Å². The minimum Gasteiger partial charge on any atom is -0.397 e. The van der Waals surface area contributed by atoms with Crippen LogP contribution in [-0.4, -0.2) is 30.9 Å². The van der Waals surface area contributed by atoms with Gasteiger partial charge >= 0.3 is 8.56 Å². The molecule has 1 aromatic rings. The Balaban J connectivity index is 2.11. The molecule has 2 aliphatic carbocycles. The molecule has 0 aromatic heterocycles. The smallest absolute Gasteiger partial charge is 0.352 e. The quantitative estimate of drug-likeness (QED) is 0.648. The lowest BCUT2D eigenvalue weighted by molar-refractivity contribution is 0.209. The first kappa shape index (κ1) is 19.1. The summed E-state index contributed by atoms with van der Waals surface area (Å²) in [5.41, 5.74) is 5.34. The van der Waals surface area contributed by atoms with Gasteiger partial charge in [-0.05, 0) is 30.9 Å². The summed E-state index contributed by atoms with van der Waals surface area (Å²) in [7, 11) is 0.0635. The van der Waals surface area contributed by atoms with Crippen LogP contribution in [0.15, 0.2) is 23.8 Å². The highest BCUT2D eigenvalue weighted by Crippen LogP contribution is 2.50. The Hall–Kier alpha value is -0.686. The van der Waals surface area contributed by atoms with Crippen LogP contribution < -0.4 is 5.19 Å². The molecule has 0 heterocycles. The van der Waals surface area contributed by atoms with Gasteiger partial charge in [-0.15, -0.1) is 0 Å². The maximum absolute atomic E-state index is 6.35. The number of hydrogen-bond donors (Lipinski definition) is 0. The molecule has 0 saturated heterocycles. The Bertz CT molecular complexity index is 650. The number of rotatable bonds is 5. The lowest BCUT2D eigenvalue weighted by Gasteiger charge is -2.42. The summed E-state index contributed by atoms with van der Waals surface area (Å²) in [6.07, 6.45) is 8.98. The van der Waals surface area contributed by atoms with E-state index in [9.17, 15) is 0 Å². The Kier molecular flexibility index (Phi) is 5.45. The molecule has 0 bridgehead atoms.